The normalized spacial score (nSPS) is 16.4. The van der Waals surface area contributed by atoms with Crippen LogP contribution in [-0.2, 0) is 14.8 Å². The minimum absolute atomic E-state index is 0.0801. The lowest BCUT2D eigenvalue weighted by atomic mass is 10.1. The lowest BCUT2D eigenvalue weighted by Crippen LogP contribution is -2.22. The average Bonchev–Trinajstić information content (AvgIpc) is 3.20. The number of carbonyl (C=O) groups excluding carboxylic acids is 1. The fourth-order valence-electron chi connectivity index (χ4n) is 2.89. The summed E-state index contributed by atoms with van der Waals surface area (Å²) in [6.45, 7) is 1.73. The maximum absolute atomic E-state index is 12.8. The Balaban J connectivity index is 1.71. The van der Waals surface area contributed by atoms with Crippen molar-refractivity contribution in [3.05, 3.63) is 65.9 Å². The molecule has 0 fully saturated rings. The Morgan fingerprint density at radius 2 is 1.96 bits per heavy atom. The Morgan fingerprint density at radius 1 is 1.15 bits per heavy atom. The molecule has 0 bridgehead atoms. The van der Waals surface area contributed by atoms with E-state index < -0.39 is 10.0 Å². The SMILES string of the molecule is CC1=NN(c2cccc(S(N)(=O)=O)c2)C(=O)/C1=C\c1ccc2occc2c1. The second-order valence-corrected chi connectivity index (χ2v) is 7.68. The van der Waals surface area contributed by atoms with Gasteiger partial charge in [-0.2, -0.15) is 10.1 Å². The van der Waals surface area contributed by atoms with E-state index in [-0.39, 0.29) is 10.8 Å². The standard InChI is InChI=1S/C19H15N3O4S/c1-12-17(10-13-5-6-18-14(9-13)7-8-26-18)19(23)22(21-12)15-3-2-4-16(11-15)27(20,24)25/h2-11H,1H3,(H2,20,24,25)/b17-10-. The molecule has 3 aromatic rings. The number of benzene rings is 2. The van der Waals surface area contributed by atoms with Gasteiger partial charge in [-0.05, 0) is 55.0 Å². The van der Waals surface area contributed by atoms with Crippen LogP contribution in [0.15, 0.2) is 74.8 Å². The summed E-state index contributed by atoms with van der Waals surface area (Å²) in [7, 11) is -3.87. The first-order valence-electron chi connectivity index (χ1n) is 8.05. The lowest BCUT2D eigenvalue weighted by molar-refractivity contribution is -0.114. The van der Waals surface area contributed by atoms with Crippen LogP contribution < -0.4 is 10.1 Å². The van der Waals surface area contributed by atoms with Gasteiger partial charge in [-0.1, -0.05) is 12.1 Å². The number of fused-ring (bicyclic) bond motifs is 1. The van der Waals surface area contributed by atoms with Crippen LogP contribution in [0.2, 0.25) is 0 Å². The van der Waals surface area contributed by atoms with Crippen molar-refractivity contribution < 1.29 is 17.6 Å². The molecule has 0 radical (unpaired) electrons. The van der Waals surface area contributed by atoms with E-state index >= 15 is 0 Å². The molecule has 0 saturated heterocycles. The minimum Gasteiger partial charge on any atom is -0.464 e. The van der Waals surface area contributed by atoms with Crippen molar-refractivity contribution >= 4 is 44.4 Å². The summed E-state index contributed by atoms with van der Waals surface area (Å²) in [5.41, 5.74) is 2.90. The van der Waals surface area contributed by atoms with Gasteiger partial charge in [0.1, 0.15) is 5.58 Å². The van der Waals surface area contributed by atoms with Crippen LogP contribution in [0.1, 0.15) is 12.5 Å². The highest BCUT2D eigenvalue weighted by Gasteiger charge is 2.29. The van der Waals surface area contributed by atoms with Crippen LogP contribution in [0.5, 0.6) is 0 Å². The summed E-state index contributed by atoms with van der Waals surface area (Å²) in [4.78, 5) is 12.8. The highest BCUT2D eigenvalue weighted by atomic mass is 32.2. The van der Waals surface area contributed by atoms with Crippen LogP contribution in [0.25, 0.3) is 17.0 Å². The van der Waals surface area contributed by atoms with Crippen molar-refractivity contribution in [2.45, 2.75) is 11.8 Å². The molecule has 2 heterocycles. The summed E-state index contributed by atoms with van der Waals surface area (Å²) in [6.07, 6.45) is 3.35. The van der Waals surface area contributed by atoms with E-state index in [9.17, 15) is 13.2 Å². The number of amides is 1. The van der Waals surface area contributed by atoms with Gasteiger partial charge in [-0.25, -0.2) is 13.6 Å². The third-order valence-corrected chi connectivity index (χ3v) is 5.15. The molecule has 8 heteroatoms. The Labute approximate surface area is 155 Å². The van der Waals surface area contributed by atoms with Gasteiger partial charge in [0.15, 0.2) is 0 Å². The average molecular weight is 381 g/mol. The van der Waals surface area contributed by atoms with Crippen molar-refractivity contribution in [1.82, 2.24) is 0 Å². The van der Waals surface area contributed by atoms with Gasteiger partial charge in [0.2, 0.25) is 10.0 Å². The van der Waals surface area contributed by atoms with Crippen LogP contribution >= 0.6 is 0 Å². The van der Waals surface area contributed by atoms with E-state index in [0.717, 1.165) is 16.5 Å². The number of carbonyl (C=O) groups is 1. The van der Waals surface area contributed by atoms with Crippen LogP contribution in [0, 0.1) is 0 Å². The summed E-state index contributed by atoms with van der Waals surface area (Å²) >= 11 is 0. The van der Waals surface area contributed by atoms with Gasteiger partial charge in [-0.15, -0.1) is 0 Å². The molecule has 2 N–H and O–H groups in total. The van der Waals surface area contributed by atoms with Crippen molar-refractivity contribution in [3.8, 4) is 0 Å². The highest BCUT2D eigenvalue weighted by Crippen LogP contribution is 2.27. The van der Waals surface area contributed by atoms with Crippen LogP contribution in [0.3, 0.4) is 0 Å². The van der Waals surface area contributed by atoms with Crippen molar-refractivity contribution in [2.24, 2.45) is 10.2 Å². The molecule has 136 valence electrons. The molecule has 0 unspecified atom stereocenters. The second-order valence-electron chi connectivity index (χ2n) is 6.12. The summed E-state index contributed by atoms with van der Waals surface area (Å²) < 4.78 is 28.4. The maximum Gasteiger partial charge on any atom is 0.280 e. The van der Waals surface area contributed by atoms with Gasteiger partial charge in [0, 0.05) is 5.39 Å². The van der Waals surface area contributed by atoms with Crippen LogP contribution in [-0.4, -0.2) is 20.0 Å². The molecule has 1 amide bonds. The van der Waals surface area contributed by atoms with Crippen molar-refractivity contribution in [2.75, 3.05) is 5.01 Å². The first-order chi connectivity index (χ1) is 12.8. The minimum atomic E-state index is -3.87. The maximum atomic E-state index is 12.8. The second kappa shape index (κ2) is 6.19. The quantitative estimate of drug-likeness (QED) is 0.704. The molecule has 1 aliphatic heterocycles. The number of anilines is 1. The number of furan rings is 1. The first-order valence-corrected chi connectivity index (χ1v) is 9.59. The van der Waals surface area contributed by atoms with E-state index in [0.29, 0.717) is 17.0 Å². The zero-order valence-electron chi connectivity index (χ0n) is 14.3. The molecule has 1 aromatic heterocycles. The molecule has 1 aliphatic rings. The molecule has 7 nitrogen and oxygen atoms in total. The molecular formula is C19H15N3O4S. The Hall–Kier alpha value is -3.23. The number of hydrogen-bond acceptors (Lipinski definition) is 5. The Bertz CT molecular complexity index is 1240. The lowest BCUT2D eigenvalue weighted by Gasteiger charge is -2.12. The Kier molecular flexibility index (Phi) is 3.94. The molecule has 0 atom stereocenters. The Morgan fingerprint density at radius 3 is 2.74 bits per heavy atom. The van der Waals surface area contributed by atoms with Crippen molar-refractivity contribution in [3.63, 3.8) is 0 Å². The predicted molar refractivity (Wildman–Crippen MR) is 103 cm³/mol. The van der Waals surface area contributed by atoms with E-state index in [1.165, 1.54) is 23.2 Å². The van der Waals surface area contributed by atoms with Gasteiger partial charge in [0.25, 0.3) is 5.91 Å². The first kappa shape index (κ1) is 17.2. The van der Waals surface area contributed by atoms with E-state index in [1.807, 2.05) is 24.3 Å². The van der Waals surface area contributed by atoms with E-state index in [2.05, 4.69) is 5.10 Å². The molecule has 27 heavy (non-hydrogen) atoms. The number of hydrazone groups is 1. The van der Waals surface area contributed by atoms with E-state index in [1.54, 1.807) is 25.3 Å². The summed E-state index contributed by atoms with van der Waals surface area (Å²) in [5.74, 6) is -0.341. The monoisotopic (exact) mass is 381 g/mol. The van der Waals surface area contributed by atoms with Gasteiger partial charge in [0.05, 0.1) is 28.1 Å². The predicted octanol–water partition coefficient (Wildman–Crippen LogP) is 2.89. The third-order valence-electron chi connectivity index (χ3n) is 4.24. The molecule has 0 saturated carbocycles. The molecule has 2 aromatic carbocycles. The number of rotatable bonds is 3. The number of nitrogens with two attached hydrogens (primary N) is 1. The van der Waals surface area contributed by atoms with Crippen LogP contribution in [0.4, 0.5) is 5.69 Å². The summed E-state index contributed by atoms with van der Waals surface area (Å²) in [6, 6.07) is 13.3. The number of primary sulfonamides is 1. The topological polar surface area (TPSA) is 106 Å². The fraction of sp³-hybridized carbons (Fsp3) is 0.0526. The molecule has 0 aliphatic carbocycles. The van der Waals surface area contributed by atoms with Gasteiger partial charge >= 0.3 is 0 Å². The third kappa shape index (κ3) is 3.16. The van der Waals surface area contributed by atoms with E-state index in [4.69, 9.17) is 9.56 Å². The van der Waals surface area contributed by atoms with Crippen molar-refractivity contribution in [1.29, 1.82) is 0 Å². The fourth-order valence-corrected chi connectivity index (χ4v) is 3.45. The zero-order valence-corrected chi connectivity index (χ0v) is 15.1. The molecular weight excluding hydrogens is 366 g/mol. The smallest absolute Gasteiger partial charge is 0.280 e. The number of hydrogen-bond donors (Lipinski definition) is 1. The summed E-state index contributed by atoms with van der Waals surface area (Å²) in [5, 5.41) is 11.5. The van der Waals surface area contributed by atoms with Gasteiger partial charge in [-0.3, -0.25) is 4.79 Å². The molecule has 4 rings (SSSR count). The largest absolute Gasteiger partial charge is 0.464 e. The zero-order chi connectivity index (χ0) is 19.2. The van der Waals surface area contributed by atoms with Gasteiger partial charge < -0.3 is 4.42 Å². The number of sulfonamides is 1. The number of nitrogens with zero attached hydrogens (tertiary/aromatic N) is 2. The molecule has 0 spiro atoms. The highest BCUT2D eigenvalue weighted by molar-refractivity contribution is 7.89.